The minimum absolute atomic E-state index is 0.375. The smallest absolute Gasteiger partial charge is 0.337 e. The van der Waals surface area contributed by atoms with E-state index in [1.165, 1.54) is 13.4 Å². The standard InChI is InChI=1S/C15H12N2O3S/c1-9-7-21-13-12(9)16-8-17-14(13)20-11-5-3-10(4-6-11)15(18)19-2/h3-8H,1-2H3. The first-order valence-electron chi connectivity index (χ1n) is 6.24. The Morgan fingerprint density at radius 3 is 2.67 bits per heavy atom. The van der Waals surface area contributed by atoms with Crippen molar-refractivity contribution in [3.8, 4) is 11.6 Å². The van der Waals surface area contributed by atoms with Crippen LogP contribution in [-0.2, 0) is 4.74 Å². The molecule has 0 spiro atoms. The summed E-state index contributed by atoms with van der Waals surface area (Å²) >= 11 is 1.55. The number of rotatable bonds is 3. The van der Waals surface area contributed by atoms with E-state index in [1.54, 1.807) is 35.6 Å². The van der Waals surface area contributed by atoms with Gasteiger partial charge in [-0.05, 0) is 42.1 Å². The van der Waals surface area contributed by atoms with Crippen LogP contribution in [0.4, 0.5) is 0 Å². The highest BCUT2D eigenvalue weighted by Crippen LogP contribution is 2.32. The number of ether oxygens (including phenoxy) is 2. The maximum absolute atomic E-state index is 11.4. The normalized spacial score (nSPS) is 10.6. The van der Waals surface area contributed by atoms with Crippen molar-refractivity contribution in [1.29, 1.82) is 0 Å². The first-order chi connectivity index (χ1) is 10.2. The van der Waals surface area contributed by atoms with E-state index in [4.69, 9.17) is 4.74 Å². The van der Waals surface area contributed by atoms with E-state index in [1.807, 2.05) is 12.3 Å². The van der Waals surface area contributed by atoms with E-state index in [2.05, 4.69) is 14.7 Å². The van der Waals surface area contributed by atoms with E-state index in [9.17, 15) is 4.79 Å². The summed E-state index contributed by atoms with van der Waals surface area (Å²) in [5.41, 5.74) is 2.48. The fraction of sp³-hybridized carbons (Fsp3) is 0.133. The summed E-state index contributed by atoms with van der Waals surface area (Å²) in [5, 5.41) is 2.02. The fourth-order valence-corrected chi connectivity index (χ4v) is 2.84. The second kappa shape index (κ2) is 5.49. The zero-order chi connectivity index (χ0) is 14.8. The van der Waals surface area contributed by atoms with Crippen LogP contribution in [0.3, 0.4) is 0 Å². The maximum Gasteiger partial charge on any atom is 0.337 e. The van der Waals surface area contributed by atoms with E-state index in [0.717, 1.165) is 15.8 Å². The molecule has 21 heavy (non-hydrogen) atoms. The number of esters is 1. The first-order valence-corrected chi connectivity index (χ1v) is 7.12. The van der Waals surface area contributed by atoms with Crippen LogP contribution in [-0.4, -0.2) is 23.0 Å². The molecule has 5 nitrogen and oxygen atoms in total. The van der Waals surface area contributed by atoms with Gasteiger partial charge in [0.05, 0.1) is 18.2 Å². The largest absolute Gasteiger partial charge is 0.465 e. The van der Waals surface area contributed by atoms with Gasteiger partial charge in [0.1, 0.15) is 16.8 Å². The van der Waals surface area contributed by atoms with Crippen LogP contribution in [0.2, 0.25) is 0 Å². The molecule has 3 rings (SSSR count). The molecule has 1 aromatic carbocycles. The van der Waals surface area contributed by atoms with Crippen LogP contribution in [0, 0.1) is 6.92 Å². The van der Waals surface area contributed by atoms with Crippen molar-refractivity contribution >= 4 is 27.5 Å². The summed E-state index contributed by atoms with van der Waals surface area (Å²) in [4.78, 5) is 19.8. The van der Waals surface area contributed by atoms with Gasteiger partial charge in [-0.15, -0.1) is 11.3 Å². The molecule has 0 saturated carbocycles. The number of benzene rings is 1. The number of nitrogens with zero attached hydrogens (tertiary/aromatic N) is 2. The molecule has 0 aliphatic carbocycles. The van der Waals surface area contributed by atoms with Crippen molar-refractivity contribution in [2.75, 3.05) is 7.11 Å². The third-order valence-corrected chi connectivity index (χ3v) is 4.06. The average Bonchev–Trinajstić information content (AvgIpc) is 2.90. The van der Waals surface area contributed by atoms with E-state index >= 15 is 0 Å². The molecule has 0 unspecified atom stereocenters. The lowest BCUT2D eigenvalue weighted by molar-refractivity contribution is 0.0600. The Morgan fingerprint density at radius 1 is 1.19 bits per heavy atom. The Balaban J connectivity index is 1.90. The van der Waals surface area contributed by atoms with Crippen LogP contribution in [0.5, 0.6) is 11.6 Å². The van der Waals surface area contributed by atoms with Gasteiger partial charge in [0.2, 0.25) is 5.88 Å². The molecule has 2 heterocycles. The van der Waals surface area contributed by atoms with Crippen molar-refractivity contribution in [3.05, 3.63) is 47.1 Å². The Hall–Kier alpha value is -2.47. The predicted octanol–water partition coefficient (Wildman–Crippen LogP) is 3.58. The van der Waals surface area contributed by atoms with Gasteiger partial charge < -0.3 is 9.47 Å². The molecule has 106 valence electrons. The highest BCUT2D eigenvalue weighted by Gasteiger charge is 2.11. The zero-order valence-electron chi connectivity index (χ0n) is 11.5. The third-order valence-electron chi connectivity index (χ3n) is 2.99. The molecule has 0 aliphatic rings. The minimum Gasteiger partial charge on any atom is -0.465 e. The van der Waals surface area contributed by atoms with E-state index in [0.29, 0.717) is 17.2 Å². The van der Waals surface area contributed by atoms with Gasteiger partial charge in [-0.3, -0.25) is 0 Å². The Bertz CT molecular complexity index is 796. The maximum atomic E-state index is 11.4. The number of hydrogen-bond donors (Lipinski definition) is 0. The summed E-state index contributed by atoms with van der Waals surface area (Å²) in [6.45, 7) is 2.00. The zero-order valence-corrected chi connectivity index (χ0v) is 12.3. The number of hydrogen-bond acceptors (Lipinski definition) is 6. The van der Waals surface area contributed by atoms with Crippen LogP contribution < -0.4 is 4.74 Å². The van der Waals surface area contributed by atoms with Crippen molar-refractivity contribution in [2.24, 2.45) is 0 Å². The van der Waals surface area contributed by atoms with Crippen molar-refractivity contribution < 1.29 is 14.3 Å². The van der Waals surface area contributed by atoms with Crippen LogP contribution in [0.25, 0.3) is 10.2 Å². The number of aromatic nitrogens is 2. The van der Waals surface area contributed by atoms with Crippen LogP contribution in [0.15, 0.2) is 36.0 Å². The lowest BCUT2D eigenvalue weighted by Gasteiger charge is -2.06. The fourth-order valence-electron chi connectivity index (χ4n) is 1.91. The Labute approximate surface area is 125 Å². The van der Waals surface area contributed by atoms with Gasteiger partial charge in [-0.2, -0.15) is 0 Å². The quantitative estimate of drug-likeness (QED) is 0.692. The van der Waals surface area contributed by atoms with Crippen molar-refractivity contribution in [3.63, 3.8) is 0 Å². The number of carbonyl (C=O) groups excluding carboxylic acids is 1. The molecule has 0 bridgehead atoms. The number of aryl methyl sites for hydroxylation is 1. The molecule has 0 saturated heterocycles. The number of thiophene rings is 1. The molecule has 0 radical (unpaired) electrons. The van der Waals surface area contributed by atoms with Gasteiger partial charge >= 0.3 is 5.97 Å². The number of methoxy groups -OCH3 is 1. The highest BCUT2D eigenvalue weighted by atomic mass is 32.1. The van der Waals surface area contributed by atoms with E-state index < -0.39 is 0 Å². The third kappa shape index (κ3) is 2.57. The van der Waals surface area contributed by atoms with Gasteiger partial charge in [-0.25, -0.2) is 14.8 Å². The first kappa shape index (κ1) is 13.5. The van der Waals surface area contributed by atoms with Crippen molar-refractivity contribution in [1.82, 2.24) is 9.97 Å². The topological polar surface area (TPSA) is 61.3 Å². The van der Waals surface area contributed by atoms with Crippen LogP contribution in [0.1, 0.15) is 15.9 Å². The Morgan fingerprint density at radius 2 is 1.95 bits per heavy atom. The number of fused-ring (bicyclic) bond motifs is 1. The Kier molecular flexibility index (Phi) is 3.53. The second-order valence-electron chi connectivity index (χ2n) is 4.39. The summed E-state index contributed by atoms with van der Waals surface area (Å²) in [7, 11) is 1.35. The molecule has 6 heteroatoms. The molecule has 0 aliphatic heterocycles. The molecule has 0 amide bonds. The van der Waals surface area contributed by atoms with Gasteiger partial charge in [0.25, 0.3) is 0 Å². The highest BCUT2D eigenvalue weighted by molar-refractivity contribution is 7.17. The number of carbonyl (C=O) groups is 1. The second-order valence-corrected chi connectivity index (χ2v) is 5.27. The lowest BCUT2D eigenvalue weighted by Crippen LogP contribution is -2.00. The summed E-state index contributed by atoms with van der Waals surface area (Å²) in [6, 6.07) is 6.72. The molecular weight excluding hydrogens is 288 g/mol. The summed E-state index contributed by atoms with van der Waals surface area (Å²) < 4.78 is 11.3. The average molecular weight is 300 g/mol. The monoisotopic (exact) mass is 300 g/mol. The molecule has 3 aromatic rings. The summed E-state index contributed by atoms with van der Waals surface area (Å²) in [5.74, 6) is 0.748. The van der Waals surface area contributed by atoms with Crippen molar-refractivity contribution in [2.45, 2.75) is 6.92 Å². The van der Waals surface area contributed by atoms with Gasteiger partial charge in [0.15, 0.2) is 0 Å². The van der Waals surface area contributed by atoms with E-state index in [-0.39, 0.29) is 5.97 Å². The lowest BCUT2D eigenvalue weighted by atomic mass is 10.2. The minimum atomic E-state index is -0.375. The molecular formula is C15H12N2O3S. The molecule has 0 N–H and O–H groups in total. The predicted molar refractivity (Wildman–Crippen MR) is 80.0 cm³/mol. The molecule has 0 fully saturated rings. The SMILES string of the molecule is COC(=O)c1ccc(Oc2ncnc3c(C)csc23)cc1. The van der Waals surface area contributed by atoms with Gasteiger partial charge in [0, 0.05) is 0 Å². The van der Waals surface area contributed by atoms with Gasteiger partial charge in [-0.1, -0.05) is 0 Å². The van der Waals surface area contributed by atoms with Crippen LogP contribution >= 0.6 is 11.3 Å². The summed E-state index contributed by atoms with van der Waals surface area (Å²) in [6.07, 6.45) is 1.49. The molecule has 2 aromatic heterocycles. The molecule has 0 atom stereocenters.